The van der Waals surface area contributed by atoms with Crippen LogP contribution in [-0.2, 0) is 16.1 Å². The third kappa shape index (κ3) is 3.67. The summed E-state index contributed by atoms with van der Waals surface area (Å²) in [5.74, 6) is -1.22. The lowest BCUT2D eigenvalue weighted by atomic mass is 10.1. The molecule has 158 valence electrons. The molecule has 1 aliphatic rings. The van der Waals surface area contributed by atoms with Crippen molar-refractivity contribution >= 4 is 56.6 Å². The van der Waals surface area contributed by atoms with E-state index in [4.69, 9.17) is 5.73 Å². The summed E-state index contributed by atoms with van der Waals surface area (Å²) in [7, 11) is 0. The molecule has 0 unspecified atom stereocenters. The van der Waals surface area contributed by atoms with Crippen molar-refractivity contribution < 1.29 is 14.4 Å². The molecular formula is C25H19N3O3S. The number of para-hydroxylation sites is 1. The summed E-state index contributed by atoms with van der Waals surface area (Å²) in [6.07, 6.45) is 3.70. The molecule has 0 atom stereocenters. The van der Waals surface area contributed by atoms with E-state index in [1.54, 1.807) is 6.08 Å². The maximum Gasteiger partial charge on any atom is 0.294 e. The number of rotatable bonds is 5. The average Bonchev–Trinajstić information content (AvgIpc) is 3.25. The van der Waals surface area contributed by atoms with Crippen LogP contribution >= 0.6 is 11.8 Å². The molecule has 5 rings (SSSR count). The molecule has 32 heavy (non-hydrogen) atoms. The second-order valence-electron chi connectivity index (χ2n) is 7.65. The standard InChI is InChI=1S/C25H19N3O3S/c26-23(29)15-28-24(30)22(32-25(28)31)12-19-14-27(21-8-4-3-7-20(19)21)13-16-9-10-17-5-1-2-6-18(17)11-16/h1-12,14H,13,15H2,(H2,26,29)/b22-12-. The monoisotopic (exact) mass is 441 g/mol. The Morgan fingerprint density at radius 2 is 1.72 bits per heavy atom. The van der Waals surface area contributed by atoms with Crippen molar-refractivity contribution in [3.63, 3.8) is 0 Å². The van der Waals surface area contributed by atoms with E-state index < -0.39 is 23.6 Å². The van der Waals surface area contributed by atoms with Crippen LogP contribution in [0.15, 0.2) is 77.8 Å². The van der Waals surface area contributed by atoms with Crippen molar-refractivity contribution in [2.45, 2.75) is 6.54 Å². The molecule has 2 heterocycles. The predicted octanol–water partition coefficient (Wildman–Crippen LogP) is 4.36. The van der Waals surface area contributed by atoms with Crippen LogP contribution in [0.1, 0.15) is 11.1 Å². The van der Waals surface area contributed by atoms with Gasteiger partial charge in [0.15, 0.2) is 0 Å². The molecule has 3 amide bonds. The van der Waals surface area contributed by atoms with E-state index in [2.05, 4.69) is 34.9 Å². The Kier molecular flexibility index (Phi) is 5.03. The minimum absolute atomic E-state index is 0.282. The van der Waals surface area contributed by atoms with Crippen molar-refractivity contribution in [2.75, 3.05) is 6.54 Å². The maximum atomic E-state index is 12.6. The van der Waals surface area contributed by atoms with Crippen molar-refractivity contribution in [2.24, 2.45) is 5.73 Å². The van der Waals surface area contributed by atoms with E-state index in [1.165, 1.54) is 10.8 Å². The zero-order valence-electron chi connectivity index (χ0n) is 17.0. The highest BCUT2D eigenvalue weighted by molar-refractivity contribution is 8.18. The number of carbonyl (C=O) groups is 3. The van der Waals surface area contributed by atoms with Crippen molar-refractivity contribution in [1.82, 2.24) is 9.47 Å². The van der Waals surface area contributed by atoms with Gasteiger partial charge in [-0.15, -0.1) is 0 Å². The van der Waals surface area contributed by atoms with Crippen molar-refractivity contribution in [3.05, 3.63) is 89.0 Å². The van der Waals surface area contributed by atoms with Gasteiger partial charge in [0.2, 0.25) is 5.91 Å². The number of imide groups is 1. The summed E-state index contributed by atoms with van der Waals surface area (Å²) in [4.78, 5) is 37.1. The number of hydrogen-bond donors (Lipinski definition) is 1. The normalized spacial score (nSPS) is 15.4. The summed E-state index contributed by atoms with van der Waals surface area (Å²) in [5, 5.41) is 2.88. The minimum atomic E-state index is -0.722. The molecule has 1 fully saturated rings. The zero-order chi connectivity index (χ0) is 22.2. The molecule has 1 aliphatic heterocycles. The Balaban J connectivity index is 1.51. The Labute approximate surface area is 188 Å². The quantitative estimate of drug-likeness (QED) is 0.466. The third-order valence-corrected chi connectivity index (χ3v) is 6.37. The summed E-state index contributed by atoms with van der Waals surface area (Å²) in [6, 6.07) is 22.6. The largest absolute Gasteiger partial charge is 0.368 e. The van der Waals surface area contributed by atoms with Gasteiger partial charge in [-0.3, -0.25) is 19.3 Å². The van der Waals surface area contributed by atoms with Gasteiger partial charge in [0.1, 0.15) is 6.54 Å². The second kappa shape index (κ2) is 8.01. The van der Waals surface area contributed by atoms with Crippen LogP contribution in [-0.4, -0.2) is 33.1 Å². The zero-order valence-corrected chi connectivity index (χ0v) is 17.8. The van der Waals surface area contributed by atoms with Crippen molar-refractivity contribution in [3.8, 4) is 0 Å². The number of thioether (sulfide) groups is 1. The fourth-order valence-electron chi connectivity index (χ4n) is 3.99. The number of aromatic nitrogens is 1. The molecule has 2 N–H and O–H groups in total. The number of benzene rings is 3. The molecule has 0 radical (unpaired) electrons. The van der Waals surface area contributed by atoms with Crippen LogP contribution < -0.4 is 5.73 Å². The van der Waals surface area contributed by atoms with E-state index in [-0.39, 0.29) is 4.91 Å². The highest BCUT2D eigenvalue weighted by atomic mass is 32.2. The van der Waals surface area contributed by atoms with Gasteiger partial charge in [0.05, 0.1) is 4.91 Å². The smallest absolute Gasteiger partial charge is 0.294 e. The van der Waals surface area contributed by atoms with E-state index in [0.29, 0.717) is 6.54 Å². The third-order valence-electron chi connectivity index (χ3n) is 5.46. The fraction of sp³-hybridized carbons (Fsp3) is 0.0800. The van der Waals surface area contributed by atoms with Crippen LogP contribution in [0.4, 0.5) is 4.79 Å². The predicted molar refractivity (Wildman–Crippen MR) is 127 cm³/mol. The second-order valence-corrected chi connectivity index (χ2v) is 8.64. The summed E-state index contributed by atoms with van der Waals surface area (Å²) >= 11 is 0.823. The first kappa shape index (κ1) is 20.1. The average molecular weight is 442 g/mol. The summed E-state index contributed by atoms with van der Waals surface area (Å²) in [6.45, 7) is 0.258. The summed E-state index contributed by atoms with van der Waals surface area (Å²) in [5.41, 5.74) is 8.20. The number of amides is 3. The molecule has 1 aromatic heterocycles. The lowest BCUT2D eigenvalue weighted by Crippen LogP contribution is -2.36. The number of fused-ring (bicyclic) bond motifs is 2. The number of carbonyl (C=O) groups excluding carboxylic acids is 3. The van der Waals surface area contributed by atoms with Gasteiger partial charge in [0, 0.05) is 29.2 Å². The first-order valence-corrected chi connectivity index (χ1v) is 10.9. The number of nitrogens with two attached hydrogens (primary N) is 1. The molecule has 0 spiro atoms. The van der Waals surface area contributed by atoms with E-state index in [9.17, 15) is 14.4 Å². The SMILES string of the molecule is NC(=O)CN1C(=O)S/C(=C\c2cn(Cc3ccc4ccccc4c3)c3ccccc23)C1=O. The molecule has 3 aromatic carbocycles. The van der Waals surface area contributed by atoms with Gasteiger partial charge in [0.25, 0.3) is 11.1 Å². The Hall–Kier alpha value is -3.84. The van der Waals surface area contributed by atoms with Crippen LogP contribution in [0.3, 0.4) is 0 Å². The van der Waals surface area contributed by atoms with Gasteiger partial charge in [-0.2, -0.15) is 0 Å². The maximum absolute atomic E-state index is 12.6. The van der Waals surface area contributed by atoms with Gasteiger partial charge < -0.3 is 10.3 Å². The summed E-state index contributed by atoms with van der Waals surface area (Å²) < 4.78 is 2.14. The van der Waals surface area contributed by atoms with Gasteiger partial charge >= 0.3 is 0 Å². The Morgan fingerprint density at radius 1 is 0.969 bits per heavy atom. The molecular weight excluding hydrogens is 422 g/mol. The van der Waals surface area contributed by atoms with E-state index in [1.807, 2.05) is 42.6 Å². The first-order chi connectivity index (χ1) is 15.5. The minimum Gasteiger partial charge on any atom is -0.368 e. The van der Waals surface area contributed by atoms with Crippen molar-refractivity contribution in [1.29, 1.82) is 0 Å². The van der Waals surface area contributed by atoms with Gasteiger partial charge in [-0.1, -0.05) is 54.6 Å². The van der Waals surface area contributed by atoms with E-state index >= 15 is 0 Å². The highest BCUT2D eigenvalue weighted by Crippen LogP contribution is 2.34. The molecule has 7 heteroatoms. The fourth-order valence-corrected chi connectivity index (χ4v) is 4.82. The number of primary amides is 1. The molecule has 0 bridgehead atoms. The van der Waals surface area contributed by atoms with Crippen LogP contribution in [0.25, 0.3) is 27.8 Å². The van der Waals surface area contributed by atoms with Crippen LogP contribution in [0.5, 0.6) is 0 Å². The number of nitrogens with zero attached hydrogens (tertiary/aromatic N) is 2. The van der Waals surface area contributed by atoms with E-state index in [0.717, 1.165) is 38.7 Å². The van der Waals surface area contributed by atoms with Crippen LogP contribution in [0, 0.1) is 0 Å². The Bertz CT molecular complexity index is 1440. The molecule has 4 aromatic rings. The molecule has 0 aliphatic carbocycles. The molecule has 0 saturated carbocycles. The topological polar surface area (TPSA) is 85.4 Å². The highest BCUT2D eigenvalue weighted by Gasteiger charge is 2.36. The molecule has 6 nitrogen and oxygen atoms in total. The number of hydrogen-bond acceptors (Lipinski definition) is 4. The molecule has 1 saturated heterocycles. The lowest BCUT2D eigenvalue weighted by Gasteiger charge is -2.08. The lowest BCUT2D eigenvalue weighted by molar-refractivity contribution is -0.127. The van der Waals surface area contributed by atoms with Crippen LogP contribution in [0.2, 0.25) is 0 Å². The Morgan fingerprint density at radius 3 is 2.53 bits per heavy atom. The van der Waals surface area contributed by atoms with Gasteiger partial charge in [-0.25, -0.2) is 0 Å². The first-order valence-electron chi connectivity index (χ1n) is 10.1. The van der Waals surface area contributed by atoms with Gasteiger partial charge in [-0.05, 0) is 46.3 Å².